The second-order valence-corrected chi connectivity index (χ2v) is 5.39. The van der Waals surface area contributed by atoms with Crippen molar-refractivity contribution in [3.05, 3.63) is 60.7 Å². The van der Waals surface area contributed by atoms with Crippen molar-refractivity contribution < 1.29 is 23.8 Å². The second kappa shape index (κ2) is 10.4. The fourth-order valence-corrected chi connectivity index (χ4v) is 2.11. The fourth-order valence-electron chi connectivity index (χ4n) is 2.11. The largest absolute Gasteiger partial charge is 0.497 e. The Balaban J connectivity index is 1.93. The molecule has 0 bridgehead atoms. The maximum Gasteiger partial charge on any atom is 0.329 e. The third-order valence-corrected chi connectivity index (χ3v) is 3.49. The molecule has 0 fully saturated rings. The number of methoxy groups -OCH3 is 2. The second-order valence-electron chi connectivity index (χ2n) is 5.39. The van der Waals surface area contributed by atoms with E-state index in [0.29, 0.717) is 29.5 Å². The monoisotopic (exact) mass is 383 g/mol. The van der Waals surface area contributed by atoms with E-state index < -0.39 is 11.8 Å². The SMILES string of the molecule is C=CCOc1ccc(/C=N/NC(=O)C(=O)Nc2cc(OC)ccc2OC)cc1. The van der Waals surface area contributed by atoms with Gasteiger partial charge in [-0.25, -0.2) is 5.43 Å². The molecule has 28 heavy (non-hydrogen) atoms. The molecule has 0 saturated heterocycles. The van der Waals surface area contributed by atoms with Gasteiger partial charge in [-0.2, -0.15) is 5.10 Å². The summed E-state index contributed by atoms with van der Waals surface area (Å²) in [6.45, 7) is 3.99. The summed E-state index contributed by atoms with van der Waals surface area (Å²) in [5.74, 6) is -0.226. The first-order valence-electron chi connectivity index (χ1n) is 8.27. The van der Waals surface area contributed by atoms with E-state index in [1.54, 1.807) is 48.5 Å². The summed E-state index contributed by atoms with van der Waals surface area (Å²) >= 11 is 0. The molecule has 0 radical (unpaired) electrons. The summed E-state index contributed by atoms with van der Waals surface area (Å²) < 4.78 is 15.6. The molecule has 0 atom stereocenters. The molecule has 2 N–H and O–H groups in total. The Kier molecular flexibility index (Phi) is 7.59. The molecule has 0 aromatic heterocycles. The molecule has 8 heteroatoms. The number of anilines is 1. The molecule has 0 spiro atoms. The number of carbonyl (C=O) groups is 2. The molecule has 2 rings (SSSR count). The minimum Gasteiger partial charge on any atom is -0.497 e. The van der Waals surface area contributed by atoms with Crippen LogP contribution in [0.5, 0.6) is 17.2 Å². The number of ether oxygens (including phenoxy) is 3. The van der Waals surface area contributed by atoms with Gasteiger partial charge >= 0.3 is 11.8 Å². The highest BCUT2D eigenvalue weighted by molar-refractivity contribution is 6.39. The van der Waals surface area contributed by atoms with Crippen LogP contribution in [0.25, 0.3) is 0 Å². The lowest BCUT2D eigenvalue weighted by Gasteiger charge is -2.11. The van der Waals surface area contributed by atoms with Gasteiger partial charge in [0.15, 0.2) is 0 Å². The third-order valence-electron chi connectivity index (χ3n) is 3.49. The van der Waals surface area contributed by atoms with E-state index in [9.17, 15) is 9.59 Å². The van der Waals surface area contributed by atoms with Crippen LogP contribution in [0, 0.1) is 0 Å². The number of benzene rings is 2. The molecule has 0 aliphatic carbocycles. The lowest BCUT2D eigenvalue weighted by Crippen LogP contribution is -2.32. The Morgan fingerprint density at radius 2 is 1.75 bits per heavy atom. The molecule has 0 heterocycles. The average Bonchev–Trinajstić information content (AvgIpc) is 2.72. The maximum atomic E-state index is 12.0. The summed E-state index contributed by atoms with van der Waals surface area (Å²) in [6.07, 6.45) is 3.06. The zero-order valence-corrected chi connectivity index (χ0v) is 15.6. The van der Waals surface area contributed by atoms with Gasteiger partial charge in [-0.1, -0.05) is 12.7 Å². The smallest absolute Gasteiger partial charge is 0.329 e. The van der Waals surface area contributed by atoms with E-state index in [1.165, 1.54) is 20.4 Å². The van der Waals surface area contributed by atoms with Crippen molar-refractivity contribution in [1.29, 1.82) is 0 Å². The van der Waals surface area contributed by atoms with Crippen LogP contribution >= 0.6 is 0 Å². The summed E-state index contributed by atoms with van der Waals surface area (Å²) in [7, 11) is 2.95. The van der Waals surface area contributed by atoms with Crippen molar-refractivity contribution in [1.82, 2.24) is 5.43 Å². The topological polar surface area (TPSA) is 98.2 Å². The highest BCUT2D eigenvalue weighted by Crippen LogP contribution is 2.28. The lowest BCUT2D eigenvalue weighted by atomic mass is 10.2. The maximum absolute atomic E-state index is 12.0. The molecule has 2 aromatic carbocycles. The van der Waals surface area contributed by atoms with Crippen molar-refractivity contribution in [2.24, 2.45) is 5.10 Å². The van der Waals surface area contributed by atoms with Crippen LogP contribution < -0.4 is 25.0 Å². The van der Waals surface area contributed by atoms with E-state index in [2.05, 4.69) is 22.4 Å². The number of nitrogens with one attached hydrogen (secondary N) is 2. The van der Waals surface area contributed by atoms with Gasteiger partial charge in [-0.3, -0.25) is 9.59 Å². The standard InChI is InChI=1S/C20H21N3O5/c1-4-11-28-15-7-5-14(6-8-15)13-21-23-20(25)19(24)22-17-12-16(26-2)9-10-18(17)27-3/h4-10,12-13H,1,11H2,2-3H3,(H,22,24)(H,23,25)/b21-13+. The molecule has 0 saturated carbocycles. The molecular formula is C20H21N3O5. The van der Waals surface area contributed by atoms with E-state index in [1.807, 2.05) is 0 Å². The van der Waals surface area contributed by atoms with Crippen LogP contribution in [-0.4, -0.2) is 38.9 Å². The minimum absolute atomic E-state index is 0.307. The number of amides is 2. The van der Waals surface area contributed by atoms with Gasteiger partial charge in [-0.15, -0.1) is 0 Å². The zero-order chi connectivity index (χ0) is 20.4. The minimum atomic E-state index is -0.924. The Bertz CT molecular complexity index is 863. The number of hydrogen-bond donors (Lipinski definition) is 2. The van der Waals surface area contributed by atoms with Crippen LogP contribution in [0.4, 0.5) is 5.69 Å². The van der Waals surface area contributed by atoms with Crippen LogP contribution in [0.1, 0.15) is 5.56 Å². The number of hydrogen-bond acceptors (Lipinski definition) is 6. The van der Waals surface area contributed by atoms with Crippen molar-refractivity contribution >= 4 is 23.7 Å². The molecule has 0 aliphatic rings. The van der Waals surface area contributed by atoms with Crippen LogP contribution in [0.15, 0.2) is 60.2 Å². The molecule has 2 amide bonds. The summed E-state index contributed by atoms with van der Waals surface area (Å²) in [4.78, 5) is 24.0. The fraction of sp³-hybridized carbons (Fsp3) is 0.150. The van der Waals surface area contributed by atoms with E-state index in [4.69, 9.17) is 14.2 Å². The van der Waals surface area contributed by atoms with Gasteiger partial charge in [0.05, 0.1) is 26.1 Å². The van der Waals surface area contributed by atoms with Gasteiger partial charge in [0.25, 0.3) is 0 Å². The van der Waals surface area contributed by atoms with Gasteiger partial charge in [0.1, 0.15) is 23.9 Å². The quantitative estimate of drug-likeness (QED) is 0.316. The van der Waals surface area contributed by atoms with Gasteiger partial charge in [0, 0.05) is 6.07 Å². The van der Waals surface area contributed by atoms with E-state index in [-0.39, 0.29) is 0 Å². The van der Waals surface area contributed by atoms with Crippen LogP contribution in [0.2, 0.25) is 0 Å². The van der Waals surface area contributed by atoms with E-state index >= 15 is 0 Å². The highest BCUT2D eigenvalue weighted by Gasteiger charge is 2.16. The summed E-state index contributed by atoms with van der Waals surface area (Å²) in [5.41, 5.74) is 3.20. The lowest BCUT2D eigenvalue weighted by molar-refractivity contribution is -0.136. The Hall–Kier alpha value is -3.81. The zero-order valence-electron chi connectivity index (χ0n) is 15.6. The number of rotatable bonds is 8. The first-order chi connectivity index (χ1) is 13.6. The molecular weight excluding hydrogens is 362 g/mol. The Morgan fingerprint density at radius 3 is 2.39 bits per heavy atom. The summed E-state index contributed by atoms with van der Waals surface area (Å²) in [5, 5.41) is 6.23. The van der Waals surface area contributed by atoms with Crippen LogP contribution in [-0.2, 0) is 9.59 Å². The van der Waals surface area contributed by atoms with Crippen molar-refractivity contribution in [2.45, 2.75) is 0 Å². The van der Waals surface area contributed by atoms with Crippen LogP contribution in [0.3, 0.4) is 0 Å². The molecule has 2 aromatic rings. The first kappa shape index (κ1) is 20.5. The molecule has 0 aliphatic heterocycles. The highest BCUT2D eigenvalue weighted by atomic mass is 16.5. The normalized spacial score (nSPS) is 10.2. The predicted octanol–water partition coefficient (Wildman–Crippen LogP) is 2.36. The molecule has 8 nitrogen and oxygen atoms in total. The van der Waals surface area contributed by atoms with Gasteiger partial charge < -0.3 is 19.5 Å². The predicted molar refractivity (Wildman–Crippen MR) is 106 cm³/mol. The number of nitrogens with zero attached hydrogens (tertiary/aromatic N) is 1. The summed E-state index contributed by atoms with van der Waals surface area (Å²) in [6, 6.07) is 11.9. The number of carbonyl (C=O) groups excluding carboxylic acids is 2. The number of hydrazone groups is 1. The molecule has 0 unspecified atom stereocenters. The van der Waals surface area contributed by atoms with Crippen molar-refractivity contribution in [3.63, 3.8) is 0 Å². The van der Waals surface area contributed by atoms with Gasteiger partial charge in [-0.05, 0) is 42.0 Å². The van der Waals surface area contributed by atoms with Gasteiger partial charge in [0.2, 0.25) is 0 Å². The van der Waals surface area contributed by atoms with E-state index in [0.717, 1.165) is 5.56 Å². The first-order valence-corrected chi connectivity index (χ1v) is 8.27. The van der Waals surface area contributed by atoms with Crippen molar-refractivity contribution in [2.75, 3.05) is 26.1 Å². The van der Waals surface area contributed by atoms with Crippen molar-refractivity contribution in [3.8, 4) is 17.2 Å². The average molecular weight is 383 g/mol. The molecule has 146 valence electrons. The third kappa shape index (κ3) is 5.87. The Labute approximate surface area is 162 Å². The Morgan fingerprint density at radius 1 is 1.04 bits per heavy atom.